The van der Waals surface area contributed by atoms with Crippen LogP contribution >= 0.6 is 0 Å². The van der Waals surface area contributed by atoms with Crippen LogP contribution in [0.2, 0.25) is 0 Å². The molecule has 0 radical (unpaired) electrons. The minimum atomic E-state index is -8.68. The Bertz CT molecular complexity index is 2990. The lowest BCUT2D eigenvalue weighted by atomic mass is 9.87. The molecule has 0 aliphatic heterocycles. The van der Waals surface area contributed by atoms with Crippen LogP contribution in [0.3, 0.4) is 0 Å². The zero-order valence-electron chi connectivity index (χ0n) is 41.1. The molecule has 5 aromatic rings. The molecule has 0 unspecified atom stereocenters. The van der Waals surface area contributed by atoms with Crippen molar-refractivity contribution >= 4 is 47.8 Å². The van der Waals surface area contributed by atoms with Gasteiger partial charge in [-0.3, -0.25) is 15.1 Å². The van der Waals surface area contributed by atoms with Crippen LogP contribution in [0.15, 0.2) is 113 Å². The van der Waals surface area contributed by atoms with E-state index in [-0.39, 0.29) is 24.5 Å². The van der Waals surface area contributed by atoms with Gasteiger partial charge in [-0.25, -0.2) is 4.39 Å². The molecule has 5 aromatic carbocycles. The van der Waals surface area contributed by atoms with Crippen molar-refractivity contribution in [2.24, 2.45) is 10.3 Å². The van der Waals surface area contributed by atoms with Gasteiger partial charge in [0, 0.05) is 25.1 Å². The van der Waals surface area contributed by atoms with E-state index >= 15 is 4.39 Å². The molecule has 0 heterocycles. The average molecular weight is 1120 g/mol. The highest BCUT2D eigenvalue weighted by atomic mass is 19.4. The van der Waals surface area contributed by atoms with Crippen LogP contribution in [-0.4, -0.2) is 64.1 Å². The van der Waals surface area contributed by atoms with Crippen molar-refractivity contribution in [2.45, 2.75) is 107 Å². The normalized spacial score (nSPS) is 13.7. The maximum absolute atomic E-state index is 15.2. The first-order chi connectivity index (χ1) is 36.2. The molecule has 0 spiro atoms. The number of hydrogen-bond acceptors (Lipinski definition) is 4. The first kappa shape index (κ1) is 61.7. The van der Waals surface area contributed by atoms with Crippen LogP contribution in [0, 0.1) is 15.9 Å². The Hall–Kier alpha value is -7.14. The predicted molar refractivity (Wildman–Crippen MR) is 259 cm³/mol. The lowest BCUT2D eigenvalue weighted by molar-refractivity contribution is -0.461. The molecule has 0 bridgehead atoms. The first-order valence-electron chi connectivity index (χ1n) is 23.5. The highest BCUT2D eigenvalue weighted by Gasteiger charge is 2.95. The van der Waals surface area contributed by atoms with Crippen molar-refractivity contribution in [3.8, 4) is 0 Å². The van der Waals surface area contributed by atoms with Gasteiger partial charge in [0.05, 0.1) is 11.5 Å². The van der Waals surface area contributed by atoms with Gasteiger partial charge in [0.15, 0.2) is 5.82 Å². The van der Waals surface area contributed by atoms with Crippen LogP contribution in [0.25, 0.3) is 36.5 Å². The Morgan fingerprint density at radius 1 is 0.513 bits per heavy atom. The van der Waals surface area contributed by atoms with E-state index in [1.165, 1.54) is 41.4 Å². The van der Waals surface area contributed by atoms with Crippen LogP contribution in [0.4, 0.5) is 90.4 Å². The SMILES string of the molecule is CCCN(Cc1ccc(CCC(F)(F)C(F)(F)C(F)(F)C(F)(F)C(F)(F)C(F)(F)C(F)(F)C(F)(F)F)cc1)N=Nc1ccc(/C=C/c2ccc(/C=C/c3cc(CC)c(/C=C/c4ccc([N+](=O)[O-])cc4)cc3CC)cc2)cc1F. The number of benzene rings is 5. The van der Waals surface area contributed by atoms with Gasteiger partial charge >= 0.3 is 47.6 Å². The van der Waals surface area contributed by atoms with Crippen LogP contribution in [-0.2, 0) is 25.8 Å². The minimum Gasteiger partial charge on any atom is -0.274 e. The van der Waals surface area contributed by atoms with E-state index in [4.69, 9.17) is 0 Å². The summed E-state index contributed by atoms with van der Waals surface area (Å²) in [5.74, 6) is -57.4. The number of alkyl halides is 17. The summed E-state index contributed by atoms with van der Waals surface area (Å²) in [6, 6.07) is 26.5. The highest BCUT2D eigenvalue weighted by molar-refractivity contribution is 5.77. The number of nitrogens with zero attached hydrogens (tertiary/aromatic N) is 4. The third-order valence-electron chi connectivity index (χ3n) is 12.2. The highest BCUT2D eigenvalue weighted by Crippen LogP contribution is 2.64. The van der Waals surface area contributed by atoms with E-state index in [1.54, 1.807) is 37.3 Å². The Morgan fingerprint density at radius 3 is 1.36 bits per heavy atom. The number of hydrogen-bond donors (Lipinski definition) is 0. The van der Waals surface area contributed by atoms with Crippen LogP contribution < -0.4 is 0 Å². The molecular formula is C54H46F18N4O2. The smallest absolute Gasteiger partial charge is 0.274 e. The molecule has 0 aliphatic carbocycles. The summed E-state index contributed by atoms with van der Waals surface area (Å²) in [4.78, 5) is 10.5. The van der Waals surface area contributed by atoms with Crippen molar-refractivity contribution in [2.75, 3.05) is 6.54 Å². The Balaban J connectivity index is 1.19. The molecule has 0 saturated heterocycles. The number of nitro benzene ring substituents is 1. The summed E-state index contributed by atoms with van der Waals surface area (Å²) in [6.07, 6.45) is 1.56. The van der Waals surface area contributed by atoms with E-state index in [9.17, 15) is 84.8 Å². The summed E-state index contributed by atoms with van der Waals surface area (Å²) in [5, 5.41) is 20.3. The quantitative estimate of drug-likeness (QED) is 0.0203. The van der Waals surface area contributed by atoms with E-state index in [1.807, 2.05) is 48.6 Å². The van der Waals surface area contributed by atoms with Gasteiger partial charge in [-0.2, -0.15) is 74.6 Å². The molecule has 0 aromatic heterocycles. The second-order valence-electron chi connectivity index (χ2n) is 17.7. The molecular weight excluding hydrogens is 1080 g/mol. The van der Waals surface area contributed by atoms with Crippen LogP contribution in [0.5, 0.6) is 0 Å². The molecule has 6 nitrogen and oxygen atoms in total. The third kappa shape index (κ3) is 13.1. The van der Waals surface area contributed by atoms with Gasteiger partial charge in [-0.15, -0.1) is 5.11 Å². The molecule has 5 rings (SSSR count). The molecule has 0 N–H and O–H groups in total. The van der Waals surface area contributed by atoms with E-state index in [0.29, 0.717) is 17.5 Å². The van der Waals surface area contributed by atoms with Gasteiger partial charge in [0.2, 0.25) is 0 Å². The summed E-state index contributed by atoms with van der Waals surface area (Å²) >= 11 is 0. The number of non-ortho nitro benzene ring substituents is 1. The maximum atomic E-state index is 15.2. The van der Waals surface area contributed by atoms with Gasteiger partial charge in [-0.1, -0.05) is 129 Å². The Morgan fingerprint density at radius 2 is 0.923 bits per heavy atom. The third-order valence-corrected chi connectivity index (χ3v) is 12.2. The lowest BCUT2D eigenvalue weighted by Gasteiger charge is -2.42. The zero-order valence-corrected chi connectivity index (χ0v) is 41.1. The second-order valence-corrected chi connectivity index (χ2v) is 17.7. The van der Waals surface area contributed by atoms with Gasteiger partial charge < -0.3 is 0 Å². The van der Waals surface area contributed by atoms with Crippen LogP contribution in [0.1, 0.15) is 89.2 Å². The molecule has 0 aliphatic rings. The predicted octanol–water partition coefficient (Wildman–Crippen LogP) is 18.2. The summed E-state index contributed by atoms with van der Waals surface area (Å²) in [7, 11) is 0. The number of rotatable bonds is 24. The molecule has 420 valence electrons. The van der Waals surface area contributed by atoms with Gasteiger partial charge in [0.1, 0.15) is 5.69 Å². The molecule has 0 saturated carbocycles. The summed E-state index contributed by atoms with van der Waals surface area (Å²) in [6.45, 7) is 5.93. The Labute approximate surface area is 434 Å². The topological polar surface area (TPSA) is 71.1 Å². The minimum absolute atomic E-state index is 0.0135. The second kappa shape index (κ2) is 23.8. The standard InChI is InChI=1S/C54H46F18N4O2/c1-4-29-75(33-39-15-12-37(13-16-39)27-28-47(56,57)48(58,59)49(60,61)50(62,63)51(64,65)52(66,67)53(68,69)54(70,71)72)74-73-46-26-21-38(30-45(46)55)14-11-34-7-9-35(10-8-34)17-22-42-31-41(6-3)43(32-40(42)5-2)23-18-36-19-24-44(25-20-36)76(77)78/h7-26,30-32H,4-6,27-29,33H2,1-3H3/b14-11+,22-17+,23-18+,74-73?. The molecule has 78 heavy (non-hydrogen) atoms. The van der Waals surface area contributed by atoms with Crippen molar-refractivity contribution in [3.05, 3.63) is 175 Å². The van der Waals surface area contributed by atoms with Gasteiger partial charge in [0.25, 0.3) is 5.69 Å². The van der Waals surface area contributed by atoms with E-state index in [2.05, 4.69) is 36.3 Å². The molecule has 0 amide bonds. The fourth-order valence-electron chi connectivity index (χ4n) is 7.55. The molecule has 0 fully saturated rings. The first-order valence-corrected chi connectivity index (χ1v) is 23.5. The zero-order chi connectivity index (χ0) is 58.3. The fourth-order valence-corrected chi connectivity index (χ4v) is 7.55. The van der Waals surface area contributed by atoms with Crippen molar-refractivity contribution in [1.29, 1.82) is 0 Å². The Kier molecular flexibility index (Phi) is 18.9. The monoisotopic (exact) mass is 1120 g/mol. The summed E-state index contributed by atoms with van der Waals surface area (Å²) in [5.41, 5.74) is 7.12. The fraction of sp³-hybridized carbons (Fsp3) is 0.333. The number of aryl methyl sites for hydroxylation is 3. The average Bonchev–Trinajstić information content (AvgIpc) is 3.55. The number of nitro groups is 1. The maximum Gasteiger partial charge on any atom is 0.460 e. The molecule has 0 atom stereocenters. The van der Waals surface area contributed by atoms with E-state index < -0.39 is 76.8 Å². The van der Waals surface area contributed by atoms with Crippen molar-refractivity contribution < 1.29 is 84.0 Å². The molecule has 24 heteroatoms. The lowest BCUT2D eigenvalue weighted by Crippen LogP contribution is -2.74. The van der Waals surface area contributed by atoms with Gasteiger partial charge in [-0.05, 0) is 106 Å². The largest absolute Gasteiger partial charge is 0.460 e. The van der Waals surface area contributed by atoms with E-state index in [0.717, 1.165) is 63.9 Å². The number of halogens is 18. The van der Waals surface area contributed by atoms with Crippen molar-refractivity contribution in [3.63, 3.8) is 0 Å². The summed E-state index contributed by atoms with van der Waals surface area (Å²) < 4.78 is 248. The van der Waals surface area contributed by atoms with Crippen molar-refractivity contribution in [1.82, 2.24) is 5.01 Å².